The van der Waals surface area contributed by atoms with E-state index in [4.69, 9.17) is 14.7 Å². The summed E-state index contributed by atoms with van der Waals surface area (Å²) in [4.78, 5) is 12.4. The Balaban J connectivity index is 1.96. The Hall–Kier alpha value is -2.80. The lowest BCUT2D eigenvalue weighted by atomic mass is 10.0. The van der Waals surface area contributed by atoms with E-state index in [1.54, 1.807) is 42.5 Å². The van der Waals surface area contributed by atoms with Gasteiger partial charge in [0.15, 0.2) is 17.3 Å². The molecule has 0 radical (unpaired) electrons. The summed E-state index contributed by atoms with van der Waals surface area (Å²) in [6.07, 6.45) is 0. The Morgan fingerprint density at radius 3 is 2.55 bits per heavy atom. The molecule has 0 atom stereocenters. The second kappa shape index (κ2) is 5.06. The van der Waals surface area contributed by atoms with Crippen LogP contribution in [0.2, 0.25) is 0 Å². The number of nitriles is 1. The lowest BCUT2D eigenvalue weighted by Crippen LogP contribution is -2.15. The molecule has 0 saturated heterocycles. The first-order valence-corrected chi connectivity index (χ1v) is 6.22. The minimum absolute atomic E-state index is 0.140. The monoisotopic (exact) mass is 265 g/mol. The molecule has 1 heterocycles. The molecule has 3 rings (SSSR count). The van der Waals surface area contributed by atoms with Crippen molar-refractivity contribution in [1.82, 2.24) is 0 Å². The third kappa shape index (κ3) is 2.21. The highest BCUT2D eigenvalue weighted by Gasteiger charge is 2.16. The van der Waals surface area contributed by atoms with Crippen LogP contribution in [0.3, 0.4) is 0 Å². The maximum Gasteiger partial charge on any atom is 0.193 e. The van der Waals surface area contributed by atoms with Gasteiger partial charge in [-0.2, -0.15) is 5.26 Å². The van der Waals surface area contributed by atoms with Gasteiger partial charge in [-0.3, -0.25) is 4.79 Å². The lowest BCUT2D eigenvalue weighted by molar-refractivity contribution is 0.103. The van der Waals surface area contributed by atoms with Crippen molar-refractivity contribution in [3.05, 3.63) is 59.2 Å². The molecule has 0 bridgehead atoms. The van der Waals surface area contributed by atoms with Crippen LogP contribution in [-0.4, -0.2) is 19.0 Å². The minimum Gasteiger partial charge on any atom is -0.486 e. The number of benzene rings is 2. The van der Waals surface area contributed by atoms with Crippen molar-refractivity contribution in [3.63, 3.8) is 0 Å². The van der Waals surface area contributed by atoms with Crippen molar-refractivity contribution >= 4 is 5.78 Å². The van der Waals surface area contributed by atoms with E-state index in [1.807, 2.05) is 6.07 Å². The third-order valence-electron chi connectivity index (χ3n) is 3.06. The second-order valence-electron chi connectivity index (χ2n) is 4.38. The zero-order valence-electron chi connectivity index (χ0n) is 10.6. The number of nitrogens with zero attached hydrogens (tertiary/aromatic N) is 1. The van der Waals surface area contributed by atoms with E-state index >= 15 is 0 Å². The largest absolute Gasteiger partial charge is 0.486 e. The van der Waals surface area contributed by atoms with Gasteiger partial charge in [0.1, 0.15) is 13.2 Å². The average molecular weight is 265 g/mol. The standard InChI is InChI=1S/C16H11NO3/c17-10-11-2-1-3-12(8-11)16(18)13-4-5-14-15(9-13)20-7-6-19-14/h1-5,8-9H,6-7H2. The minimum atomic E-state index is -0.140. The Morgan fingerprint density at radius 2 is 1.75 bits per heavy atom. The van der Waals surface area contributed by atoms with Crippen LogP contribution in [0.15, 0.2) is 42.5 Å². The first-order valence-electron chi connectivity index (χ1n) is 6.22. The number of rotatable bonds is 2. The van der Waals surface area contributed by atoms with Gasteiger partial charge in [-0.1, -0.05) is 12.1 Å². The van der Waals surface area contributed by atoms with E-state index in [-0.39, 0.29) is 5.78 Å². The molecule has 0 aliphatic carbocycles. The fraction of sp³-hybridized carbons (Fsp3) is 0.125. The van der Waals surface area contributed by atoms with Crippen molar-refractivity contribution in [1.29, 1.82) is 5.26 Å². The Morgan fingerprint density at radius 1 is 1.00 bits per heavy atom. The lowest BCUT2D eigenvalue weighted by Gasteiger charge is -2.18. The summed E-state index contributed by atoms with van der Waals surface area (Å²) in [5.74, 6) is 1.09. The SMILES string of the molecule is N#Cc1cccc(C(=O)c2ccc3c(c2)OCCO3)c1. The highest BCUT2D eigenvalue weighted by atomic mass is 16.6. The summed E-state index contributed by atoms with van der Waals surface area (Å²) in [6.45, 7) is 0.999. The summed E-state index contributed by atoms with van der Waals surface area (Å²) >= 11 is 0. The van der Waals surface area contributed by atoms with Gasteiger partial charge in [-0.15, -0.1) is 0 Å². The summed E-state index contributed by atoms with van der Waals surface area (Å²) in [5, 5.41) is 8.87. The van der Waals surface area contributed by atoms with Crippen LogP contribution >= 0.6 is 0 Å². The fourth-order valence-corrected chi connectivity index (χ4v) is 2.08. The number of carbonyl (C=O) groups excluding carboxylic acids is 1. The number of carbonyl (C=O) groups is 1. The zero-order valence-corrected chi connectivity index (χ0v) is 10.6. The smallest absolute Gasteiger partial charge is 0.193 e. The van der Waals surface area contributed by atoms with Crippen LogP contribution in [0.4, 0.5) is 0 Å². The molecule has 0 fully saturated rings. The van der Waals surface area contributed by atoms with Crippen LogP contribution in [-0.2, 0) is 0 Å². The van der Waals surface area contributed by atoms with Crippen LogP contribution in [0.5, 0.6) is 11.5 Å². The van der Waals surface area contributed by atoms with Gasteiger partial charge >= 0.3 is 0 Å². The summed E-state index contributed by atoms with van der Waals surface area (Å²) < 4.78 is 10.9. The van der Waals surface area contributed by atoms with Gasteiger partial charge in [0.05, 0.1) is 11.6 Å². The average Bonchev–Trinajstić information content (AvgIpc) is 2.53. The predicted molar refractivity (Wildman–Crippen MR) is 72.0 cm³/mol. The Labute approximate surface area is 116 Å². The third-order valence-corrected chi connectivity index (χ3v) is 3.06. The van der Waals surface area contributed by atoms with E-state index in [0.717, 1.165) is 0 Å². The molecule has 4 nitrogen and oxygen atoms in total. The molecule has 1 aliphatic heterocycles. The van der Waals surface area contributed by atoms with Crippen LogP contribution < -0.4 is 9.47 Å². The van der Waals surface area contributed by atoms with E-state index in [9.17, 15) is 4.79 Å². The molecule has 0 unspecified atom stereocenters. The second-order valence-corrected chi connectivity index (χ2v) is 4.38. The topological polar surface area (TPSA) is 59.3 Å². The summed E-state index contributed by atoms with van der Waals surface area (Å²) in [7, 11) is 0. The molecular formula is C16H11NO3. The first-order chi connectivity index (χ1) is 9.78. The van der Waals surface area contributed by atoms with Crippen LogP contribution in [0.1, 0.15) is 21.5 Å². The number of hydrogen-bond acceptors (Lipinski definition) is 4. The highest BCUT2D eigenvalue weighted by molar-refractivity contribution is 6.09. The molecular weight excluding hydrogens is 254 g/mol. The number of ketones is 1. The molecule has 0 aromatic heterocycles. The summed E-state index contributed by atoms with van der Waals surface area (Å²) in [5.41, 5.74) is 1.47. The summed E-state index contributed by atoms with van der Waals surface area (Å²) in [6, 6.07) is 13.8. The van der Waals surface area contributed by atoms with Gasteiger partial charge in [0.2, 0.25) is 0 Å². The van der Waals surface area contributed by atoms with E-state index in [0.29, 0.717) is 41.4 Å². The van der Waals surface area contributed by atoms with E-state index < -0.39 is 0 Å². The normalized spacial score (nSPS) is 12.6. The number of ether oxygens (including phenoxy) is 2. The van der Waals surface area contributed by atoms with Crippen LogP contribution in [0.25, 0.3) is 0 Å². The molecule has 4 heteroatoms. The number of fused-ring (bicyclic) bond motifs is 1. The number of hydrogen-bond donors (Lipinski definition) is 0. The zero-order chi connectivity index (χ0) is 13.9. The van der Waals surface area contributed by atoms with Gasteiger partial charge in [0, 0.05) is 11.1 Å². The molecule has 98 valence electrons. The van der Waals surface area contributed by atoms with Gasteiger partial charge in [0.25, 0.3) is 0 Å². The molecule has 0 N–H and O–H groups in total. The molecule has 2 aromatic carbocycles. The van der Waals surface area contributed by atoms with Crippen molar-refractivity contribution in [2.75, 3.05) is 13.2 Å². The van der Waals surface area contributed by atoms with Crippen molar-refractivity contribution in [2.45, 2.75) is 0 Å². The molecule has 0 saturated carbocycles. The molecule has 2 aromatic rings. The first kappa shape index (κ1) is 12.2. The van der Waals surface area contributed by atoms with Gasteiger partial charge < -0.3 is 9.47 Å². The fourth-order valence-electron chi connectivity index (χ4n) is 2.08. The molecule has 1 aliphatic rings. The Kier molecular flexibility index (Phi) is 3.10. The molecule has 20 heavy (non-hydrogen) atoms. The van der Waals surface area contributed by atoms with Gasteiger partial charge in [-0.25, -0.2) is 0 Å². The maximum absolute atomic E-state index is 12.4. The van der Waals surface area contributed by atoms with Crippen molar-refractivity contribution in [2.24, 2.45) is 0 Å². The van der Waals surface area contributed by atoms with Crippen LogP contribution in [0, 0.1) is 11.3 Å². The predicted octanol–water partition coefficient (Wildman–Crippen LogP) is 2.56. The van der Waals surface area contributed by atoms with Crippen molar-refractivity contribution < 1.29 is 14.3 Å². The quantitative estimate of drug-likeness (QED) is 0.783. The maximum atomic E-state index is 12.4. The van der Waals surface area contributed by atoms with Gasteiger partial charge in [-0.05, 0) is 30.3 Å². The highest BCUT2D eigenvalue weighted by Crippen LogP contribution is 2.31. The molecule has 0 spiro atoms. The van der Waals surface area contributed by atoms with E-state index in [1.165, 1.54) is 0 Å². The Bertz CT molecular complexity index is 716. The van der Waals surface area contributed by atoms with E-state index in [2.05, 4.69) is 0 Å². The van der Waals surface area contributed by atoms with Crippen molar-refractivity contribution in [3.8, 4) is 17.6 Å². The molecule has 0 amide bonds.